The third-order valence-corrected chi connectivity index (χ3v) is 6.63. The molecule has 0 saturated heterocycles. The number of hydrogen-bond donors (Lipinski definition) is 1. The van der Waals surface area contributed by atoms with Gasteiger partial charge in [0.15, 0.2) is 11.5 Å². The highest BCUT2D eigenvalue weighted by molar-refractivity contribution is 7.92. The van der Waals surface area contributed by atoms with E-state index in [-0.39, 0.29) is 18.1 Å². The van der Waals surface area contributed by atoms with E-state index in [1.807, 2.05) is 38.1 Å². The molecule has 0 saturated carbocycles. The molecule has 2 aromatic carbocycles. The molecule has 2 rings (SSSR count). The molecule has 2 amide bonds. The predicted octanol–water partition coefficient (Wildman–Crippen LogP) is 2.72. The third kappa shape index (κ3) is 7.61. The van der Waals surface area contributed by atoms with E-state index < -0.39 is 28.5 Å². The highest BCUT2D eigenvalue weighted by Crippen LogP contribution is 2.32. The highest BCUT2D eigenvalue weighted by Gasteiger charge is 2.30. The molecule has 0 aliphatic heterocycles. The summed E-state index contributed by atoms with van der Waals surface area (Å²) in [6.07, 6.45) is 1.78. The van der Waals surface area contributed by atoms with Gasteiger partial charge in [0, 0.05) is 19.2 Å². The molecule has 0 bridgehead atoms. The minimum atomic E-state index is -3.84. The molecular weight excluding hydrogens is 470 g/mol. The number of rotatable bonds is 12. The maximum absolute atomic E-state index is 13.5. The smallest absolute Gasteiger partial charge is 0.244 e. The van der Waals surface area contributed by atoms with Crippen LogP contribution in [0, 0.1) is 6.92 Å². The zero-order valence-electron chi connectivity index (χ0n) is 21.2. The first kappa shape index (κ1) is 28.0. The number of anilines is 1. The quantitative estimate of drug-likeness (QED) is 0.476. The van der Waals surface area contributed by atoms with Gasteiger partial charge in [0.05, 0.1) is 26.2 Å². The van der Waals surface area contributed by atoms with E-state index in [4.69, 9.17) is 9.47 Å². The number of aryl methyl sites for hydroxylation is 1. The van der Waals surface area contributed by atoms with Crippen LogP contribution in [0.25, 0.3) is 0 Å². The topological polar surface area (TPSA) is 105 Å². The Labute approximate surface area is 208 Å². The van der Waals surface area contributed by atoms with Gasteiger partial charge in [-0.1, -0.05) is 36.8 Å². The van der Waals surface area contributed by atoms with Crippen molar-refractivity contribution in [3.05, 3.63) is 53.6 Å². The maximum atomic E-state index is 13.5. The van der Waals surface area contributed by atoms with Crippen LogP contribution in [0.4, 0.5) is 5.69 Å². The summed E-state index contributed by atoms with van der Waals surface area (Å²) in [6.45, 7) is 5.68. The van der Waals surface area contributed by atoms with Crippen LogP contribution in [0.15, 0.2) is 42.5 Å². The highest BCUT2D eigenvalue weighted by atomic mass is 32.2. The third-order valence-electron chi connectivity index (χ3n) is 5.49. The summed E-state index contributed by atoms with van der Waals surface area (Å²) in [5.74, 6) is -0.0518. The van der Waals surface area contributed by atoms with Gasteiger partial charge in [-0.25, -0.2) is 8.42 Å². The zero-order chi connectivity index (χ0) is 26.2. The van der Waals surface area contributed by atoms with E-state index >= 15 is 0 Å². The Morgan fingerprint density at radius 3 is 2.31 bits per heavy atom. The SMILES string of the molecule is CCCNC(=O)C(C)N(Cc1cccc(C)c1)C(=O)CN(c1ccc(OC)c(OC)c1)S(C)(=O)=O. The standard InChI is InChI=1S/C25H35N3O6S/c1-7-13-26-25(30)19(3)27(16-20-10-8-9-18(2)14-20)24(29)17-28(35(6,31)32)21-11-12-22(33-4)23(15-21)34-5/h8-12,14-15,19H,7,13,16-17H2,1-6H3,(H,26,30). The van der Waals surface area contributed by atoms with E-state index in [0.717, 1.165) is 28.1 Å². The summed E-state index contributed by atoms with van der Waals surface area (Å²) in [5.41, 5.74) is 2.10. The van der Waals surface area contributed by atoms with E-state index in [9.17, 15) is 18.0 Å². The van der Waals surface area contributed by atoms with Crippen molar-refractivity contribution in [2.75, 3.05) is 37.9 Å². The molecule has 0 spiro atoms. The van der Waals surface area contributed by atoms with Crippen molar-refractivity contribution < 1.29 is 27.5 Å². The molecule has 192 valence electrons. The first-order chi connectivity index (χ1) is 16.5. The van der Waals surface area contributed by atoms with Gasteiger partial charge in [0.1, 0.15) is 12.6 Å². The minimum Gasteiger partial charge on any atom is -0.493 e. The number of carbonyl (C=O) groups is 2. The Bertz CT molecular complexity index is 1140. The van der Waals surface area contributed by atoms with Crippen LogP contribution in [-0.2, 0) is 26.2 Å². The van der Waals surface area contributed by atoms with Crippen LogP contribution in [-0.4, -0.2) is 64.7 Å². The molecule has 9 nitrogen and oxygen atoms in total. The molecule has 0 fully saturated rings. The zero-order valence-corrected chi connectivity index (χ0v) is 22.0. The molecule has 35 heavy (non-hydrogen) atoms. The molecule has 10 heteroatoms. The average molecular weight is 506 g/mol. The second-order valence-corrected chi connectivity index (χ2v) is 10.2. The molecule has 0 heterocycles. The van der Waals surface area contributed by atoms with E-state index in [1.54, 1.807) is 13.0 Å². The summed E-state index contributed by atoms with van der Waals surface area (Å²) in [7, 11) is -0.924. The Kier molecular flexibility index (Phi) is 9.94. The summed E-state index contributed by atoms with van der Waals surface area (Å²) < 4.78 is 36.9. The summed E-state index contributed by atoms with van der Waals surface area (Å²) in [4.78, 5) is 27.7. The Morgan fingerprint density at radius 1 is 1.06 bits per heavy atom. The fourth-order valence-electron chi connectivity index (χ4n) is 3.58. The van der Waals surface area contributed by atoms with Crippen molar-refractivity contribution in [2.24, 2.45) is 0 Å². The van der Waals surface area contributed by atoms with E-state index in [1.165, 1.54) is 31.3 Å². The van der Waals surface area contributed by atoms with E-state index in [2.05, 4.69) is 5.32 Å². The molecule has 1 atom stereocenters. The largest absolute Gasteiger partial charge is 0.493 e. The Morgan fingerprint density at radius 2 is 1.74 bits per heavy atom. The Balaban J connectivity index is 2.42. The molecule has 1 N–H and O–H groups in total. The van der Waals surface area contributed by atoms with Gasteiger partial charge >= 0.3 is 0 Å². The lowest BCUT2D eigenvalue weighted by Gasteiger charge is -2.31. The monoisotopic (exact) mass is 505 g/mol. The number of sulfonamides is 1. The van der Waals surface area contributed by atoms with E-state index in [0.29, 0.717) is 18.0 Å². The summed E-state index contributed by atoms with van der Waals surface area (Å²) in [5, 5.41) is 2.81. The van der Waals surface area contributed by atoms with Crippen LogP contribution < -0.4 is 19.1 Å². The lowest BCUT2D eigenvalue weighted by Crippen LogP contribution is -2.51. The van der Waals surface area contributed by atoms with Crippen LogP contribution >= 0.6 is 0 Å². The lowest BCUT2D eigenvalue weighted by atomic mass is 10.1. The maximum Gasteiger partial charge on any atom is 0.244 e. The van der Waals surface area contributed by atoms with Crippen molar-refractivity contribution >= 4 is 27.5 Å². The molecule has 0 aliphatic rings. The van der Waals surface area contributed by atoms with Gasteiger partial charge in [0.2, 0.25) is 21.8 Å². The van der Waals surface area contributed by atoms with Gasteiger partial charge in [-0.2, -0.15) is 0 Å². The number of ether oxygens (including phenoxy) is 2. The molecular formula is C25H35N3O6S. The second-order valence-electron chi connectivity index (χ2n) is 8.29. The predicted molar refractivity (Wildman–Crippen MR) is 136 cm³/mol. The van der Waals surface area contributed by atoms with Gasteiger partial charge in [-0.15, -0.1) is 0 Å². The average Bonchev–Trinajstić information content (AvgIpc) is 2.82. The molecule has 1 unspecified atom stereocenters. The number of hydrogen-bond acceptors (Lipinski definition) is 6. The summed E-state index contributed by atoms with van der Waals surface area (Å²) >= 11 is 0. The van der Waals surface area contributed by atoms with Gasteiger partial charge in [-0.3, -0.25) is 13.9 Å². The van der Waals surface area contributed by atoms with Crippen LogP contribution in [0.1, 0.15) is 31.4 Å². The first-order valence-electron chi connectivity index (χ1n) is 11.3. The second kappa shape index (κ2) is 12.4. The normalized spacial score (nSPS) is 11.9. The Hall–Kier alpha value is -3.27. The number of carbonyl (C=O) groups excluding carboxylic acids is 2. The van der Waals surface area contributed by atoms with Crippen LogP contribution in [0.2, 0.25) is 0 Å². The minimum absolute atomic E-state index is 0.158. The van der Waals surface area contributed by atoms with Gasteiger partial charge in [-0.05, 0) is 38.0 Å². The van der Waals surface area contributed by atoms with Gasteiger partial charge in [0.25, 0.3) is 0 Å². The molecule has 0 aromatic heterocycles. The fourth-order valence-corrected chi connectivity index (χ4v) is 4.42. The molecule has 0 aliphatic carbocycles. The van der Waals surface area contributed by atoms with Crippen molar-refractivity contribution in [1.29, 1.82) is 0 Å². The van der Waals surface area contributed by atoms with Crippen LogP contribution in [0.3, 0.4) is 0 Å². The number of methoxy groups -OCH3 is 2. The van der Waals surface area contributed by atoms with Crippen molar-refractivity contribution in [1.82, 2.24) is 10.2 Å². The number of amides is 2. The number of nitrogens with one attached hydrogen (secondary N) is 1. The summed E-state index contributed by atoms with van der Waals surface area (Å²) in [6, 6.07) is 11.4. The van der Waals surface area contributed by atoms with Crippen molar-refractivity contribution in [3.63, 3.8) is 0 Å². The number of benzene rings is 2. The van der Waals surface area contributed by atoms with Crippen molar-refractivity contribution in [3.8, 4) is 11.5 Å². The van der Waals surface area contributed by atoms with Crippen molar-refractivity contribution in [2.45, 2.75) is 39.8 Å². The lowest BCUT2D eigenvalue weighted by molar-refractivity contribution is -0.139. The number of nitrogens with zero attached hydrogens (tertiary/aromatic N) is 2. The molecule has 0 radical (unpaired) electrons. The van der Waals surface area contributed by atoms with Crippen LogP contribution in [0.5, 0.6) is 11.5 Å². The first-order valence-corrected chi connectivity index (χ1v) is 13.2. The fraction of sp³-hybridized carbons (Fsp3) is 0.440. The van der Waals surface area contributed by atoms with Gasteiger partial charge < -0.3 is 19.7 Å². The molecule has 2 aromatic rings.